The van der Waals surface area contributed by atoms with Gasteiger partial charge < -0.3 is 29.6 Å². The van der Waals surface area contributed by atoms with Crippen molar-refractivity contribution in [1.29, 1.82) is 0 Å². The molecule has 0 aromatic heterocycles. The Kier molecular flexibility index (Phi) is 14.3. The number of nitrogens with one attached hydrogen (secondary N) is 2. The first-order valence-electron chi connectivity index (χ1n) is 25.6. The van der Waals surface area contributed by atoms with Gasteiger partial charge in [-0.25, -0.2) is 9.59 Å². The van der Waals surface area contributed by atoms with Gasteiger partial charge in [-0.15, -0.1) is 0 Å². The third kappa shape index (κ3) is 9.61. The van der Waals surface area contributed by atoms with E-state index in [2.05, 4.69) is 172 Å². The van der Waals surface area contributed by atoms with Gasteiger partial charge in [-0.05, 0) is 130 Å². The smallest absolute Gasteiger partial charge is 0.338 e. The molecule has 72 heavy (non-hydrogen) atoms. The summed E-state index contributed by atoms with van der Waals surface area (Å²) in [5.74, 6) is 1.17. The van der Waals surface area contributed by atoms with Gasteiger partial charge in [-0.1, -0.05) is 147 Å². The van der Waals surface area contributed by atoms with Crippen LogP contribution in [0, 0.1) is 0 Å². The molecule has 2 N–H and O–H groups in total. The van der Waals surface area contributed by atoms with Gasteiger partial charge in [-0.3, -0.25) is 0 Å². The van der Waals surface area contributed by atoms with E-state index >= 15 is 0 Å². The third-order valence-corrected chi connectivity index (χ3v) is 15.2. The zero-order valence-corrected chi connectivity index (χ0v) is 42.2. The Hall–Kier alpha value is -7.26. The van der Waals surface area contributed by atoms with Crippen LogP contribution in [0.1, 0.15) is 130 Å². The molecule has 2 heterocycles. The summed E-state index contributed by atoms with van der Waals surface area (Å²) in [5, 5.41) is 12.5. The number of rotatable bonds is 15. The Morgan fingerprint density at radius 1 is 0.542 bits per heavy atom. The molecule has 0 saturated carbocycles. The van der Waals surface area contributed by atoms with E-state index < -0.39 is 0 Å². The summed E-state index contributed by atoms with van der Waals surface area (Å²) in [6.07, 6.45) is 2.77. The second-order valence-electron chi connectivity index (χ2n) is 19.4. The molecule has 6 atom stereocenters. The van der Waals surface area contributed by atoms with Gasteiger partial charge in [0, 0.05) is 48.1 Å². The molecule has 366 valence electrons. The highest BCUT2D eigenvalue weighted by molar-refractivity contribution is 5.99. The second-order valence-corrected chi connectivity index (χ2v) is 19.4. The fourth-order valence-corrected chi connectivity index (χ4v) is 11.4. The van der Waals surface area contributed by atoms with Gasteiger partial charge in [0.1, 0.15) is 23.7 Å². The first-order valence-corrected chi connectivity index (χ1v) is 25.6. The maximum absolute atomic E-state index is 13.1. The zero-order chi connectivity index (χ0) is 49.9. The van der Waals surface area contributed by atoms with Crippen LogP contribution in [0.2, 0.25) is 0 Å². The standard InChI is InChI=1S/C64H64N2O6/c1-7-41-26-28-44(32-59(41)63(67)69-5)57-35-47(71-61-25-12-11-19-55(57)61)37-66-40(4)50-21-14-24-54-52(22-15-23-53(50)54)46-30-31-56-58(45-29-27-42(8-2)60(33-45)64(68)70-6)36-48(72-62(56)34-46)38-65-39(3)49-20-13-17-43-16-9-10-18-51(43)49/h9-34,39-40,47-48,57-58,65-66H,7-8,35-38H2,1-6H3/t39-,40-,47-,48-,57-,58+/m1/s1. The molecule has 8 nitrogen and oxygen atoms in total. The molecule has 0 aliphatic carbocycles. The van der Waals surface area contributed by atoms with E-state index in [0.717, 1.165) is 87.1 Å². The van der Waals surface area contributed by atoms with Crippen LogP contribution in [0.5, 0.6) is 11.5 Å². The number of fused-ring (bicyclic) bond motifs is 4. The van der Waals surface area contributed by atoms with Crippen LogP contribution in [-0.4, -0.2) is 51.5 Å². The van der Waals surface area contributed by atoms with Crippen LogP contribution >= 0.6 is 0 Å². The highest BCUT2D eigenvalue weighted by Crippen LogP contribution is 2.45. The predicted octanol–water partition coefficient (Wildman–Crippen LogP) is 13.6. The van der Waals surface area contributed by atoms with Crippen molar-refractivity contribution in [3.05, 3.63) is 213 Å². The lowest BCUT2D eigenvalue weighted by molar-refractivity contribution is 0.0590. The first kappa shape index (κ1) is 48.4. The van der Waals surface area contributed by atoms with E-state index in [9.17, 15) is 9.59 Å². The molecule has 0 fully saturated rings. The molecule has 0 bridgehead atoms. The van der Waals surface area contributed by atoms with Crippen LogP contribution < -0.4 is 20.1 Å². The zero-order valence-electron chi connectivity index (χ0n) is 42.2. The number of hydrogen-bond acceptors (Lipinski definition) is 8. The average molecular weight is 957 g/mol. The second kappa shape index (κ2) is 21.2. The Morgan fingerprint density at radius 2 is 1.06 bits per heavy atom. The van der Waals surface area contributed by atoms with E-state index in [4.69, 9.17) is 18.9 Å². The first-order chi connectivity index (χ1) is 35.2. The van der Waals surface area contributed by atoms with Gasteiger partial charge in [0.15, 0.2) is 0 Å². The monoisotopic (exact) mass is 956 g/mol. The number of aryl methyl sites for hydroxylation is 2. The number of para-hydroxylation sites is 1. The van der Waals surface area contributed by atoms with Crippen LogP contribution in [0.15, 0.2) is 158 Å². The molecule has 8 heteroatoms. The molecule has 10 rings (SSSR count). The van der Waals surface area contributed by atoms with Crippen molar-refractivity contribution < 1.29 is 28.5 Å². The fourth-order valence-electron chi connectivity index (χ4n) is 11.4. The molecule has 0 saturated heterocycles. The summed E-state index contributed by atoms with van der Waals surface area (Å²) in [6.45, 7) is 9.86. The molecule has 0 spiro atoms. The minimum absolute atomic E-state index is 0.00124. The van der Waals surface area contributed by atoms with Gasteiger partial charge in [0.05, 0.1) is 25.3 Å². The number of carbonyl (C=O) groups excluding carboxylic acids is 2. The maximum atomic E-state index is 13.1. The normalized spacial score (nSPS) is 18.0. The summed E-state index contributed by atoms with van der Waals surface area (Å²) in [6, 6.07) is 55.8. The largest absolute Gasteiger partial charge is 0.489 e. The lowest BCUT2D eigenvalue weighted by atomic mass is 9.81. The summed E-state index contributed by atoms with van der Waals surface area (Å²) in [4.78, 5) is 26.0. The predicted molar refractivity (Wildman–Crippen MR) is 289 cm³/mol. The van der Waals surface area contributed by atoms with Crippen molar-refractivity contribution in [2.45, 2.75) is 89.5 Å². The summed E-state index contributed by atoms with van der Waals surface area (Å²) in [7, 11) is 2.89. The lowest BCUT2D eigenvalue weighted by Crippen LogP contribution is -2.37. The van der Waals surface area contributed by atoms with Gasteiger partial charge in [-0.2, -0.15) is 0 Å². The minimum Gasteiger partial charge on any atom is -0.489 e. The lowest BCUT2D eigenvalue weighted by Gasteiger charge is -2.34. The fraction of sp³-hybridized carbons (Fsp3) is 0.281. The summed E-state index contributed by atoms with van der Waals surface area (Å²) >= 11 is 0. The van der Waals surface area contributed by atoms with Crippen LogP contribution in [-0.2, 0) is 22.3 Å². The van der Waals surface area contributed by atoms with Crippen molar-refractivity contribution in [3.63, 3.8) is 0 Å². The SMILES string of the molecule is CCc1ccc([C@H]2C[C@H](CN[C@H](C)c3cccc4c(-c5ccc6c(c5)O[C@@H](CN[C@H](C)c5cccc7ccccc57)C[C@H]6c5ccc(CC)c(C(=O)OC)c5)cccc34)Oc3ccccc32)cc1C(=O)OC. The highest BCUT2D eigenvalue weighted by atomic mass is 16.5. The minimum atomic E-state index is -0.315. The van der Waals surface area contributed by atoms with E-state index in [-0.39, 0.29) is 48.1 Å². The van der Waals surface area contributed by atoms with E-state index in [0.29, 0.717) is 24.2 Å². The van der Waals surface area contributed by atoms with Gasteiger partial charge in [0.25, 0.3) is 0 Å². The third-order valence-electron chi connectivity index (χ3n) is 15.2. The quantitative estimate of drug-likeness (QED) is 0.0982. The van der Waals surface area contributed by atoms with Crippen molar-refractivity contribution in [2.24, 2.45) is 0 Å². The molecule has 0 amide bonds. The van der Waals surface area contributed by atoms with Crippen LogP contribution in [0.4, 0.5) is 0 Å². The maximum Gasteiger partial charge on any atom is 0.338 e. The van der Waals surface area contributed by atoms with Crippen LogP contribution in [0.3, 0.4) is 0 Å². The summed E-state index contributed by atoms with van der Waals surface area (Å²) < 4.78 is 24.1. The molecule has 0 unspecified atom stereocenters. The molecule has 8 aromatic carbocycles. The number of ether oxygens (including phenoxy) is 4. The number of carbonyl (C=O) groups is 2. The van der Waals surface area contributed by atoms with Gasteiger partial charge in [0.2, 0.25) is 0 Å². The average Bonchev–Trinajstić information content (AvgIpc) is 3.43. The van der Waals surface area contributed by atoms with Crippen molar-refractivity contribution >= 4 is 33.5 Å². The molecular formula is C64H64N2O6. The topological polar surface area (TPSA) is 95.1 Å². The molecule has 2 aliphatic heterocycles. The van der Waals surface area contributed by atoms with Crippen molar-refractivity contribution in [1.82, 2.24) is 10.6 Å². The summed E-state index contributed by atoms with van der Waals surface area (Å²) in [5.41, 5.74) is 12.3. The number of methoxy groups -OCH3 is 2. The Labute approximate surface area is 423 Å². The highest BCUT2D eigenvalue weighted by Gasteiger charge is 2.33. The number of esters is 2. The number of hydrogen-bond donors (Lipinski definition) is 2. The Bertz CT molecular complexity index is 3280. The van der Waals surface area contributed by atoms with Gasteiger partial charge >= 0.3 is 11.9 Å². The van der Waals surface area contributed by atoms with E-state index in [1.165, 1.54) is 41.5 Å². The number of benzene rings is 8. The Morgan fingerprint density at radius 3 is 1.69 bits per heavy atom. The van der Waals surface area contributed by atoms with Crippen molar-refractivity contribution in [3.8, 4) is 22.6 Å². The van der Waals surface area contributed by atoms with E-state index in [1.54, 1.807) is 0 Å². The Balaban J connectivity index is 0.923. The molecule has 8 aromatic rings. The van der Waals surface area contributed by atoms with E-state index in [1.807, 2.05) is 24.3 Å². The molecule has 0 radical (unpaired) electrons. The molecule has 2 aliphatic rings. The van der Waals surface area contributed by atoms with Crippen LogP contribution in [0.25, 0.3) is 32.7 Å². The van der Waals surface area contributed by atoms with Crippen molar-refractivity contribution in [2.75, 3.05) is 27.3 Å². The molecular weight excluding hydrogens is 893 g/mol.